The molecule has 0 fully saturated rings. The zero-order chi connectivity index (χ0) is 19.2. The van der Waals surface area contributed by atoms with Crippen LogP contribution in [0, 0.1) is 0 Å². The number of ether oxygens (including phenoxy) is 2. The molecule has 144 valence electrons. The number of nitrogens with zero attached hydrogens (tertiary/aromatic N) is 4. The van der Waals surface area contributed by atoms with Crippen LogP contribution in [0.3, 0.4) is 0 Å². The fraction of sp³-hybridized carbons (Fsp3) is 0.474. The molecule has 27 heavy (non-hydrogen) atoms. The summed E-state index contributed by atoms with van der Waals surface area (Å²) in [5.41, 5.74) is 1.98. The van der Waals surface area contributed by atoms with E-state index < -0.39 is 6.04 Å². The number of nitrogens with one attached hydrogen (secondary N) is 1. The lowest BCUT2D eigenvalue weighted by Crippen LogP contribution is -2.30. The normalized spacial score (nSPS) is 15.9. The fourth-order valence-corrected chi connectivity index (χ4v) is 3.00. The first-order valence-corrected chi connectivity index (χ1v) is 9.31. The van der Waals surface area contributed by atoms with Crippen molar-refractivity contribution in [3.8, 4) is 5.75 Å². The van der Waals surface area contributed by atoms with Crippen molar-refractivity contribution in [2.75, 3.05) is 18.5 Å². The molecule has 1 aromatic heterocycles. The van der Waals surface area contributed by atoms with Crippen molar-refractivity contribution in [3.63, 3.8) is 0 Å². The summed E-state index contributed by atoms with van der Waals surface area (Å²) in [6.07, 6.45) is 2.66. The van der Waals surface area contributed by atoms with Crippen LogP contribution in [0.15, 0.2) is 35.5 Å². The number of fused-ring (bicyclic) bond motifs is 1. The van der Waals surface area contributed by atoms with Crippen molar-refractivity contribution in [2.24, 2.45) is 0 Å². The first-order chi connectivity index (χ1) is 13.2. The third-order valence-electron chi connectivity index (χ3n) is 4.34. The van der Waals surface area contributed by atoms with Crippen LogP contribution < -0.4 is 10.1 Å². The van der Waals surface area contributed by atoms with E-state index in [9.17, 15) is 4.79 Å². The predicted molar refractivity (Wildman–Crippen MR) is 100 cm³/mol. The summed E-state index contributed by atoms with van der Waals surface area (Å²) in [5.74, 6) is 0.817. The Kier molecular flexibility index (Phi) is 6.05. The number of unbranched alkanes of at least 4 members (excludes halogenated alkanes) is 1. The summed E-state index contributed by atoms with van der Waals surface area (Å²) in [4.78, 5) is 12.9. The molecule has 1 aliphatic rings. The molecule has 1 atom stereocenters. The number of allylic oxidation sites excluding steroid dienone is 1. The molecule has 0 bridgehead atoms. The van der Waals surface area contributed by atoms with Crippen LogP contribution in [0.1, 0.15) is 51.6 Å². The molecule has 8 nitrogen and oxygen atoms in total. The van der Waals surface area contributed by atoms with Gasteiger partial charge in [-0.1, -0.05) is 43.6 Å². The molecule has 2 heterocycles. The highest BCUT2D eigenvalue weighted by Crippen LogP contribution is 2.38. The fourth-order valence-electron chi connectivity index (χ4n) is 3.00. The van der Waals surface area contributed by atoms with E-state index in [4.69, 9.17) is 9.47 Å². The van der Waals surface area contributed by atoms with Gasteiger partial charge in [-0.15, -0.1) is 0 Å². The van der Waals surface area contributed by atoms with Crippen molar-refractivity contribution in [1.82, 2.24) is 20.2 Å². The van der Waals surface area contributed by atoms with E-state index in [0.717, 1.165) is 24.8 Å². The second-order valence-corrected chi connectivity index (χ2v) is 6.39. The minimum atomic E-state index is -0.515. The van der Waals surface area contributed by atoms with Crippen LogP contribution in [-0.4, -0.2) is 39.4 Å². The molecule has 1 N–H and O–H groups in total. The summed E-state index contributed by atoms with van der Waals surface area (Å²) >= 11 is 0. The molecule has 1 unspecified atom stereocenters. The standard InChI is InChI=1S/C19H25N5O3/c1-4-6-12-27-18(25)16-13(3)20-19-21-22-23-24(19)17(16)14-9-7-8-10-15(14)26-11-5-2/h7-10,17H,4-6,11-12H2,1-3H3,(H,20,21,23). The average molecular weight is 371 g/mol. The van der Waals surface area contributed by atoms with Gasteiger partial charge in [-0.05, 0) is 36.3 Å². The molecule has 8 heteroatoms. The van der Waals surface area contributed by atoms with Crippen molar-refractivity contribution >= 4 is 11.9 Å². The van der Waals surface area contributed by atoms with Crippen LogP contribution in [0.4, 0.5) is 5.95 Å². The lowest BCUT2D eigenvalue weighted by Gasteiger charge is -2.28. The van der Waals surface area contributed by atoms with Crippen molar-refractivity contribution in [1.29, 1.82) is 0 Å². The Hall–Kier alpha value is -2.90. The Labute approximate surface area is 158 Å². The summed E-state index contributed by atoms with van der Waals surface area (Å²) in [6, 6.07) is 7.13. The van der Waals surface area contributed by atoms with Gasteiger partial charge in [0.1, 0.15) is 11.8 Å². The van der Waals surface area contributed by atoms with Gasteiger partial charge in [-0.3, -0.25) is 0 Å². The molecule has 0 saturated heterocycles. The summed E-state index contributed by atoms with van der Waals surface area (Å²) in [7, 11) is 0. The van der Waals surface area contributed by atoms with Crippen LogP contribution in [0.25, 0.3) is 0 Å². The maximum absolute atomic E-state index is 12.9. The SMILES string of the molecule is CCCCOC(=O)C1=C(C)Nc2nnnn2C1c1ccccc1OCCC. The van der Waals surface area contributed by atoms with Gasteiger partial charge >= 0.3 is 5.97 Å². The van der Waals surface area contributed by atoms with E-state index >= 15 is 0 Å². The number of benzene rings is 1. The summed E-state index contributed by atoms with van der Waals surface area (Å²) in [5, 5.41) is 14.9. The number of rotatable bonds is 8. The number of esters is 1. The molecule has 0 saturated carbocycles. The van der Waals surface area contributed by atoms with Gasteiger partial charge in [-0.2, -0.15) is 4.68 Å². The number of anilines is 1. The van der Waals surface area contributed by atoms with E-state index in [2.05, 4.69) is 27.8 Å². The number of hydrogen-bond acceptors (Lipinski definition) is 7. The Bertz CT molecular complexity index is 830. The number of aromatic nitrogens is 4. The lowest BCUT2D eigenvalue weighted by molar-refractivity contribution is -0.139. The molecule has 1 aliphatic heterocycles. The van der Waals surface area contributed by atoms with Gasteiger partial charge in [-0.25, -0.2) is 4.79 Å². The highest BCUT2D eigenvalue weighted by molar-refractivity contribution is 5.92. The molecular formula is C19H25N5O3. The van der Waals surface area contributed by atoms with Crippen LogP contribution in [0.2, 0.25) is 0 Å². The van der Waals surface area contributed by atoms with Crippen LogP contribution in [-0.2, 0) is 9.53 Å². The smallest absolute Gasteiger partial charge is 0.338 e. The monoisotopic (exact) mass is 371 g/mol. The second kappa shape index (κ2) is 8.66. The second-order valence-electron chi connectivity index (χ2n) is 6.39. The molecule has 0 amide bonds. The van der Waals surface area contributed by atoms with Crippen molar-refractivity contribution in [2.45, 2.75) is 46.1 Å². The van der Waals surface area contributed by atoms with E-state index in [1.807, 2.05) is 38.1 Å². The maximum Gasteiger partial charge on any atom is 0.338 e. The Morgan fingerprint density at radius 1 is 1.22 bits per heavy atom. The molecule has 3 rings (SSSR count). The Morgan fingerprint density at radius 3 is 2.81 bits per heavy atom. The predicted octanol–water partition coefficient (Wildman–Crippen LogP) is 3.09. The third kappa shape index (κ3) is 3.94. The Morgan fingerprint density at radius 2 is 2.04 bits per heavy atom. The van der Waals surface area contributed by atoms with Gasteiger partial charge < -0.3 is 14.8 Å². The van der Waals surface area contributed by atoms with Gasteiger partial charge in [0.2, 0.25) is 5.95 Å². The lowest BCUT2D eigenvalue weighted by atomic mass is 9.95. The molecule has 0 spiro atoms. The number of tetrazole rings is 1. The number of para-hydroxylation sites is 1. The first-order valence-electron chi connectivity index (χ1n) is 9.31. The quantitative estimate of drug-likeness (QED) is 0.563. The molecule has 0 aliphatic carbocycles. The zero-order valence-corrected chi connectivity index (χ0v) is 15.9. The summed E-state index contributed by atoms with van der Waals surface area (Å²) in [6.45, 7) is 6.90. The minimum absolute atomic E-state index is 0.370. The Balaban J connectivity index is 2.03. The number of carbonyl (C=O) groups excluding carboxylic acids is 1. The topological polar surface area (TPSA) is 91.2 Å². The number of carbonyl (C=O) groups is 1. The van der Waals surface area contributed by atoms with Gasteiger partial charge in [0.15, 0.2) is 0 Å². The highest BCUT2D eigenvalue weighted by atomic mass is 16.5. The van der Waals surface area contributed by atoms with Crippen molar-refractivity contribution < 1.29 is 14.3 Å². The van der Waals surface area contributed by atoms with Gasteiger partial charge in [0.05, 0.1) is 18.8 Å². The summed E-state index contributed by atoms with van der Waals surface area (Å²) < 4.78 is 13.0. The van der Waals surface area contributed by atoms with Gasteiger partial charge in [0.25, 0.3) is 0 Å². The third-order valence-corrected chi connectivity index (χ3v) is 4.34. The molecule has 1 aromatic carbocycles. The van der Waals surface area contributed by atoms with E-state index in [-0.39, 0.29) is 5.97 Å². The molecule has 0 radical (unpaired) electrons. The van der Waals surface area contributed by atoms with Crippen molar-refractivity contribution in [3.05, 3.63) is 41.1 Å². The number of hydrogen-bond donors (Lipinski definition) is 1. The molecular weight excluding hydrogens is 346 g/mol. The minimum Gasteiger partial charge on any atom is -0.493 e. The van der Waals surface area contributed by atoms with E-state index in [1.165, 1.54) is 0 Å². The first kappa shape index (κ1) is 18.9. The largest absolute Gasteiger partial charge is 0.493 e. The van der Waals surface area contributed by atoms with Crippen LogP contribution in [0.5, 0.6) is 5.75 Å². The van der Waals surface area contributed by atoms with E-state index in [1.54, 1.807) is 4.68 Å². The van der Waals surface area contributed by atoms with E-state index in [0.29, 0.717) is 36.2 Å². The van der Waals surface area contributed by atoms with Crippen LogP contribution >= 0.6 is 0 Å². The highest BCUT2D eigenvalue weighted by Gasteiger charge is 2.36. The zero-order valence-electron chi connectivity index (χ0n) is 15.9. The van der Waals surface area contributed by atoms with Gasteiger partial charge in [0, 0.05) is 11.3 Å². The maximum atomic E-state index is 12.9. The average Bonchev–Trinajstić information content (AvgIpc) is 3.13. The molecule has 2 aromatic rings.